The fourth-order valence-electron chi connectivity index (χ4n) is 4.47. The van der Waals surface area contributed by atoms with Crippen LogP contribution in [0.1, 0.15) is 39.0 Å². The Bertz CT molecular complexity index is 631. The number of ether oxygens (including phenoxy) is 1. The van der Waals surface area contributed by atoms with Crippen molar-refractivity contribution < 1.29 is 14.3 Å². The second-order valence-corrected chi connectivity index (χ2v) is 7.30. The van der Waals surface area contributed by atoms with Crippen LogP contribution in [0.5, 0.6) is 5.75 Å². The van der Waals surface area contributed by atoms with Crippen LogP contribution in [-0.2, 0) is 9.59 Å². The van der Waals surface area contributed by atoms with Gasteiger partial charge in [-0.05, 0) is 56.1 Å². The molecule has 2 bridgehead atoms. The zero-order valence-electron chi connectivity index (χ0n) is 15.2. The number of amides is 2. The average Bonchev–Trinajstić information content (AvgIpc) is 3.23. The summed E-state index contributed by atoms with van der Waals surface area (Å²) < 4.78 is 5.25. The number of carbonyl (C=O) groups excluding carboxylic acids is 2. The van der Waals surface area contributed by atoms with Gasteiger partial charge in [-0.2, -0.15) is 0 Å². The molecule has 1 aromatic carbocycles. The summed E-state index contributed by atoms with van der Waals surface area (Å²) in [5.74, 6) is 2.63. The maximum Gasteiger partial charge on any atom is 0.244 e. The van der Waals surface area contributed by atoms with Crippen LogP contribution >= 0.6 is 0 Å². The summed E-state index contributed by atoms with van der Waals surface area (Å²) >= 11 is 0. The first-order chi connectivity index (χ1) is 12.1. The lowest BCUT2D eigenvalue weighted by Gasteiger charge is -2.26. The molecule has 2 fully saturated rings. The molecule has 2 saturated carbocycles. The number of likely N-dealkylation sites (N-methyl/N-ethyl adjacent to an activating group) is 1. The van der Waals surface area contributed by atoms with Gasteiger partial charge in [0.05, 0.1) is 19.3 Å². The van der Waals surface area contributed by atoms with Gasteiger partial charge in [0.2, 0.25) is 11.8 Å². The third-order valence-corrected chi connectivity index (χ3v) is 5.77. The lowest BCUT2D eigenvalue weighted by atomic mass is 9.86. The lowest BCUT2D eigenvalue weighted by Crippen LogP contribution is -2.39. The van der Waals surface area contributed by atoms with Crippen molar-refractivity contribution in [2.24, 2.45) is 17.8 Å². The third-order valence-electron chi connectivity index (χ3n) is 5.77. The van der Waals surface area contributed by atoms with E-state index in [2.05, 4.69) is 5.32 Å². The number of hydrogen-bond donors (Lipinski definition) is 1. The van der Waals surface area contributed by atoms with Gasteiger partial charge < -0.3 is 15.0 Å². The summed E-state index contributed by atoms with van der Waals surface area (Å²) in [6, 6.07) is 7.29. The Morgan fingerprint density at radius 1 is 1.24 bits per heavy atom. The van der Waals surface area contributed by atoms with Gasteiger partial charge in [0, 0.05) is 13.0 Å². The van der Waals surface area contributed by atoms with E-state index in [1.807, 2.05) is 19.1 Å². The van der Waals surface area contributed by atoms with E-state index in [4.69, 9.17) is 4.74 Å². The number of carbonyl (C=O) groups is 2. The summed E-state index contributed by atoms with van der Waals surface area (Å²) in [4.78, 5) is 26.7. The Morgan fingerprint density at radius 3 is 2.68 bits per heavy atom. The minimum Gasteiger partial charge on any atom is -0.495 e. The molecule has 25 heavy (non-hydrogen) atoms. The van der Waals surface area contributed by atoms with Crippen LogP contribution in [0.3, 0.4) is 0 Å². The highest BCUT2D eigenvalue weighted by Crippen LogP contribution is 2.49. The molecule has 2 aliphatic rings. The highest BCUT2D eigenvalue weighted by atomic mass is 16.5. The Labute approximate surface area is 149 Å². The smallest absolute Gasteiger partial charge is 0.244 e. The van der Waals surface area contributed by atoms with Crippen molar-refractivity contribution in [3.8, 4) is 5.75 Å². The average molecular weight is 344 g/mol. The Morgan fingerprint density at radius 2 is 2.04 bits per heavy atom. The Kier molecular flexibility index (Phi) is 5.61. The van der Waals surface area contributed by atoms with Crippen molar-refractivity contribution in [3.63, 3.8) is 0 Å². The topological polar surface area (TPSA) is 58.6 Å². The number of nitrogens with zero attached hydrogens (tertiary/aromatic N) is 1. The van der Waals surface area contributed by atoms with Crippen LogP contribution in [0, 0.1) is 17.8 Å². The highest BCUT2D eigenvalue weighted by Gasteiger charge is 2.40. The van der Waals surface area contributed by atoms with Crippen LogP contribution in [0.25, 0.3) is 0 Å². The van der Waals surface area contributed by atoms with E-state index in [0.29, 0.717) is 30.3 Å². The highest BCUT2D eigenvalue weighted by molar-refractivity contribution is 5.95. The van der Waals surface area contributed by atoms with Crippen molar-refractivity contribution in [1.29, 1.82) is 0 Å². The van der Waals surface area contributed by atoms with Gasteiger partial charge in [-0.3, -0.25) is 9.59 Å². The summed E-state index contributed by atoms with van der Waals surface area (Å²) in [6.07, 6.45) is 5.72. The molecule has 0 saturated heterocycles. The van der Waals surface area contributed by atoms with Crippen molar-refractivity contribution in [3.05, 3.63) is 24.3 Å². The minimum atomic E-state index is -0.187. The summed E-state index contributed by atoms with van der Waals surface area (Å²) in [5, 5.41) is 2.84. The maximum atomic E-state index is 12.6. The summed E-state index contributed by atoms with van der Waals surface area (Å²) in [5.41, 5.74) is 0.631. The number of nitrogens with one attached hydrogen (secondary N) is 1. The predicted octanol–water partition coefficient (Wildman–Crippen LogP) is 3.31. The number of methoxy groups -OCH3 is 1. The normalized spacial score (nSPS) is 24.2. The SMILES string of the molecule is CCN(CC(=O)Nc1ccccc1OC)C(=O)C[C@H]1C[C@H]2CC[C@@H]1C2. The van der Waals surface area contributed by atoms with Crippen LogP contribution in [0.2, 0.25) is 0 Å². The van der Waals surface area contributed by atoms with Gasteiger partial charge >= 0.3 is 0 Å². The third kappa shape index (κ3) is 4.14. The fourth-order valence-corrected chi connectivity index (χ4v) is 4.47. The lowest BCUT2D eigenvalue weighted by molar-refractivity contribution is -0.135. The van der Waals surface area contributed by atoms with Gasteiger partial charge in [0.1, 0.15) is 5.75 Å². The maximum absolute atomic E-state index is 12.6. The molecule has 5 nitrogen and oxygen atoms in total. The predicted molar refractivity (Wildman–Crippen MR) is 97.4 cm³/mol. The molecule has 0 unspecified atom stereocenters. The first-order valence-corrected chi connectivity index (χ1v) is 9.31. The van der Waals surface area contributed by atoms with Crippen LogP contribution in [0.4, 0.5) is 5.69 Å². The molecule has 3 atom stereocenters. The first kappa shape index (κ1) is 17.8. The molecule has 2 amide bonds. The van der Waals surface area contributed by atoms with Crippen LogP contribution < -0.4 is 10.1 Å². The van der Waals surface area contributed by atoms with Gasteiger partial charge in [-0.15, -0.1) is 0 Å². The first-order valence-electron chi connectivity index (χ1n) is 9.31. The monoisotopic (exact) mass is 344 g/mol. The minimum absolute atomic E-state index is 0.0915. The molecule has 0 aliphatic heterocycles. The second-order valence-electron chi connectivity index (χ2n) is 7.30. The van der Waals surface area contributed by atoms with Gasteiger partial charge in [0.15, 0.2) is 0 Å². The molecule has 0 spiro atoms. The van der Waals surface area contributed by atoms with Gasteiger partial charge in [-0.25, -0.2) is 0 Å². The van der Waals surface area contributed by atoms with Gasteiger partial charge in [-0.1, -0.05) is 18.6 Å². The van der Waals surface area contributed by atoms with Crippen molar-refractivity contribution in [2.75, 3.05) is 25.5 Å². The molecule has 136 valence electrons. The van der Waals surface area contributed by atoms with Crippen molar-refractivity contribution in [2.45, 2.75) is 39.0 Å². The molecular formula is C20H28N2O3. The fraction of sp³-hybridized carbons (Fsp3) is 0.600. The molecule has 2 aliphatic carbocycles. The molecule has 0 aromatic heterocycles. The van der Waals surface area contributed by atoms with E-state index < -0.39 is 0 Å². The van der Waals surface area contributed by atoms with E-state index in [-0.39, 0.29) is 18.4 Å². The Balaban J connectivity index is 1.54. The number of fused-ring (bicyclic) bond motifs is 2. The van der Waals surface area contributed by atoms with Crippen molar-refractivity contribution >= 4 is 17.5 Å². The molecule has 5 heteroatoms. The van der Waals surface area contributed by atoms with Gasteiger partial charge in [0.25, 0.3) is 0 Å². The molecule has 3 rings (SSSR count). The molecule has 1 N–H and O–H groups in total. The number of para-hydroxylation sites is 2. The van der Waals surface area contributed by atoms with E-state index in [1.165, 1.54) is 25.7 Å². The van der Waals surface area contributed by atoms with E-state index in [1.54, 1.807) is 24.1 Å². The standard InChI is InChI=1S/C20H28N2O3/c1-3-22(20(24)12-16-11-14-8-9-15(16)10-14)13-19(23)21-17-6-4-5-7-18(17)25-2/h4-7,14-16H,3,8-13H2,1-2H3,(H,21,23)/t14-,15+,16+/m0/s1. The quantitative estimate of drug-likeness (QED) is 0.825. The second kappa shape index (κ2) is 7.89. The zero-order valence-corrected chi connectivity index (χ0v) is 15.2. The molecule has 0 heterocycles. The number of hydrogen-bond acceptors (Lipinski definition) is 3. The van der Waals surface area contributed by atoms with Crippen LogP contribution in [-0.4, -0.2) is 36.9 Å². The summed E-state index contributed by atoms with van der Waals surface area (Å²) in [7, 11) is 1.57. The number of anilines is 1. The van der Waals surface area contributed by atoms with E-state index in [9.17, 15) is 9.59 Å². The number of rotatable bonds is 7. The molecule has 1 aromatic rings. The Hall–Kier alpha value is -2.04. The van der Waals surface area contributed by atoms with Crippen molar-refractivity contribution in [1.82, 2.24) is 4.90 Å². The van der Waals surface area contributed by atoms with Crippen LogP contribution in [0.15, 0.2) is 24.3 Å². The van der Waals surface area contributed by atoms with E-state index in [0.717, 1.165) is 11.8 Å². The summed E-state index contributed by atoms with van der Waals surface area (Å²) in [6.45, 7) is 2.57. The van der Waals surface area contributed by atoms with E-state index >= 15 is 0 Å². The number of benzene rings is 1. The largest absolute Gasteiger partial charge is 0.495 e. The molecular weight excluding hydrogens is 316 g/mol. The molecule has 0 radical (unpaired) electrons. The zero-order chi connectivity index (χ0) is 17.8.